The SMILES string of the molecule is CC1(C)C2CN(C(=O)c3cn(C4CCNCC4)nn3)CC21.Cl. The van der Waals surface area contributed by atoms with Gasteiger partial charge in [0.05, 0.1) is 12.2 Å². The number of likely N-dealkylation sites (tertiary alicyclic amines) is 1. The lowest BCUT2D eigenvalue weighted by Gasteiger charge is -2.22. The fourth-order valence-corrected chi connectivity index (χ4v) is 4.08. The van der Waals surface area contributed by atoms with E-state index in [1.54, 1.807) is 0 Å². The molecule has 22 heavy (non-hydrogen) atoms. The van der Waals surface area contributed by atoms with Crippen molar-refractivity contribution >= 4 is 18.3 Å². The molecule has 3 aliphatic rings. The number of nitrogens with zero attached hydrogens (tertiary/aromatic N) is 4. The summed E-state index contributed by atoms with van der Waals surface area (Å²) in [6, 6.07) is 0.381. The second-order valence-corrected chi connectivity index (χ2v) is 7.31. The van der Waals surface area contributed by atoms with E-state index < -0.39 is 0 Å². The maximum Gasteiger partial charge on any atom is 0.276 e. The second-order valence-electron chi connectivity index (χ2n) is 7.31. The number of rotatable bonds is 2. The molecule has 1 aromatic heterocycles. The summed E-state index contributed by atoms with van der Waals surface area (Å²) in [5, 5.41) is 11.6. The molecule has 122 valence electrons. The number of carbonyl (C=O) groups is 1. The largest absolute Gasteiger partial charge is 0.337 e. The summed E-state index contributed by atoms with van der Waals surface area (Å²) in [7, 11) is 0. The van der Waals surface area contributed by atoms with E-state index in [9.17, 15) is 4.79 Å². The molecule has 2 unspecified atom stereocenters. The molecular formula is C15H24ClN5O. The van der Waals surface area contributed by atoms with E-state index in [1.165, 1.54) is 0 Å². The van der Waals surface area contributed by atoms with Crippen molar-refractivity contribution in [2.45, 2.75) is 32.7 Å². The molecule has 2 aliphatic heterocycles. The van der Waals surface area contributed by atoms with Crippen LogP contribution >= 0.6 is 12.4 Å². The molecule has 4 rings (SSSR count). The zero-order chi connectivity index (χ0) is 14.6. The highest BCUT2D eigenvalue weighted by molar-refractivity contribution is 5.92. The zero-order valence-corrected chi connectivity index (χ0v) is 14.0. The number of halogens is 1. The van der Waals surface area contributed by atoms with E-state index in [0.29, 0.717) is 29.0 Å². The number of hydrogen-bond acceptors (Lipinski definition) is 4. The zero-order valence-electron chi connectivity index (χ0n) is 13.2. The van der Waals surface area contributed by atoms with E-state index in [1.807, 2.05) is 15.8 Å². The number of aromatic nitrogens is 3. The summed E-state index contributed by atoms with van der Waals surface area (Å²) in [5.74, 6) is 1.42. The van der Waals surface area contributed by atoms with Gasteiger partial charge >= 0.3 is 0 Å². The van der Waals surface area contributed by atoms with E-state index in [2.05, 4.69) is 29.5 Å². The molecule has 1 saturated carbocycles. The Morgan fingerprint density at radius 2 is 1.91 bits per heavy atom. The fourth-order valence-electron chi connectivity index (χ4n) is 4.08. The van der Waals surface area contributed by atoms with Crippen molar-refractivity contribution in [2.75, 3.05) is 26.2 Å². The van der Waals surface area contributed by atoms with Crippen LogP contribution in [0, 0.1) is 17.3 Å². The van der Waals surface area contributed by atoms with Gasteiger partial charge in [0.2, 0.25) is 0 Å². The molecule has 0 aromatic carbocycles. The maximum atomic E-state index is 12.5. The second kappa shape index (κ2) is 5.49. The normalized spacial score (nSPS) is 29.8. The first-order valence-electron chi connectivity index (χ1n) is 7.99. The Labute approximate surface area is 137 Å². The lowest BCUT2D eigenvalue weighted by atomic mass is 10.1. The lowest BCUT2D eigenvalue weighted by molar-refractivity contribution is 0.0752. The molecule has 1 N–H and O–H groups in total. The Balaban J connectivity index is 0.00000144. The third kappa shape index (κ3) is 2.42. The van der Waals surface area contributed by atoms with Crippen molar-refractivity contribution in [1.82, 2.24) is 25.2 Å². The first kappa shape index (κ1) is 15.7. The molecule has 3 fully saturated rings. The van der Waals surface area contributed by atoms with Gasteiger partial charge in [-0.05, 0) is 43.2 Å². The van der Waals surface area contributed by atoms with Gasteiger partial charge in [-0.25, -0.2) is 4.68 Å². The Morgan fingerprint density at radius 1 is 1.27 bits per heavy atom. The number of hydrogen-bond donors (Lipinski definition) is 1. The minimum Gasteiger partial charge on any atom is -0.337 e. The van der Waals surface area contributed by atoms with E-state index >= 15 is 0 Å². The van der Waals surface area contributed by atoms with Gasteiger partial charge in [-0.1, -0.05) is 19.1 Å². The Hall–Kier alpha value is -1.14. The van der Waals surface area contributed by atoms with Crippen LogP contribution in [-0.4, -0.2) is 52.0 Å². The molecule has 6 nitrogen and oxygen atoms in total. The van der Waals surface area contributed by atoms with Crippen molar-refractivity contribution < 1.29 is 4.79 Å². The van der Waals surface area contributed by atoms with Gasteiger partial charge in [0, 0.05) is 13.1 Å². The number of piperidine rings is 2. The first-order valence-corrected chi connectivity index (χ1v) is 7.99. The molecule has 7 heteroatoms. The summed E-state index contributed by atoms with van der Waals surface area (Å²) in [4.78, 5) is 14.5. The van der Waals surface area contributed by atoms with Crippen LogP contribution in [0.2, 0.25) is 0 Å². The third-order valence-electron chi connectivity index (χ3n) is 5.82. The molecule has 2 atom stereocenters. The summed E-state index contributed by atoms with van der Waals surface area (Å²) >= 11 is 0. The van der Waals surface area contributed by atoms with Crippen LogP contribution in [-0.2, 0) is 0 Å². The number of carbonyl (C=O) groups excluding carboxylic acids is 1. The van der Waals surface area contributed by atoms with Gasteiger partial charge in [-0.15, -0.1) is 17.5 Å². The predicted molar refractivity (Wildman–Crippen MR) is 85.1 cm³/mol. The first-order chi connectivity index (χ1) is 10.1. The van der Waals surface area contributed by atoms with Crippen LogP contribution in [0.5, 0.6) is 0 Å². The summed E-state index contributed by atoms with van der Waals surface area (Å²) in [5.41, 5.74) is 0.941. The smallest absolute Gasteiger partial charge is 0.276 e. The lowest BCUT2D eigenvalue weighted by Crippen LogP contribution is -2.33. The van der Waals surface area contributed by atoms with Crippen LogP contribution < -0.4 is 5.32 Å². The van der Waals surface area contributed by atoms with Crippen molar-refractivity contribution in [3.8, 4) is 0 Å². The highest BCUT2D eigenvalue weighted by Crippen LogP contribution is 2.62. The summed E-state index contributed by atoms with van der Waals surface area (Å²) < 4.78 is 1.88. The highest BCUT2D eigenvalue weighted by atomic mass is 35.5. The maximum absolute atomic E-state index is 12.5. The van der Waals surface area contributed by atoms with Gasteiger partial charge in [0.15, 0.2) is 5.69 Å². The standard InChI is InChI=1S/C15H23N5O.ClH/c1-15(2)11-7-19(8-12(11)15)14(21)13-9-20(18-17-13)10-3-5-16-6-4-10;/h9-12,16H,3-8H2,1-2H3;1H. The summed E-state index contributed by atoms with van der Waals surface area (Å²) in [6.07, 6.45) is 3.95. The van der Waals surface area contributed by atoms with E-state index in [-0.39, 0.29) is 18.3 Å². The predicted octanol–water partition coefficient (Wildman–Crippen LogP) is 1.35. The molecule has 1 aliphatic carbocycles. The molecule has 0 spiro atoms. The van der Waals surface area contributed by atoms with Gasteiger partial charge in [0.1, 0.15) is 0 Å². The van der Waals surface area contributed by atoms with Gasteiger partial charge in [-0.2, -0.15) is 0 Å². The Morgan fingerprint density at radius 3 is 2.55 bits per heavy atom. The third-order valence-corrected chi connectivity index (χ3v) is 5.82. The Bertz CT molecular complexity index is 552. The number of fused-ring (bicyclic) bond motifs is 1. The van der Waals surface area contributed by atoms with Crippen molar-refractivity contribution in [3.05, 3.63) is 11.9 Å². The fraction of sp³-hybridized carbons (Fsp3) is 0.800. The van der Waals surface area contributed by atoms with Crippen LogP contribution in [0.25, 0.3) is 0 Å². The topological polar surface area (TPSA) is 63.1 Å². The molecule has 1 aromatic rings. The number of nitrogens with one attached hydrogen (secondary N) is 1. The van der Waals surface area contributed by atoms with Crippen LogP contribution in [0.3, 0.4) is 0 Å². The van der Waals surface area contributed by atoms with Crippen LogP contribution in [0.4, 0.5) is 0 Å². The van der Waals surface area contributed by atoms with Crippen molar-refractivity contribution in [1.29, 1.82) is 0 Å². The molecule has 3 heterocycles. The highest BCUT2D eigenvalue weighted by Gasteiger charge is 2.62. The molecular weight excluding hydrogens is 302 g/mol. The minimum absolute atomic E-state index is 0. The van der Waals surface area contributed by atoms with Crippen LogP contribution in [0.15, 0.2) is 6.20 Å². The quantitative estimate of drug-likeness (QED) is 0.891. The average Bonchev–Trinajstić information content (AvgIpc) is 2.98. The molecule has 2 saturated heterocycles. The van der Waals surface area contributed by atoms with Crippen molar-refractivity contribution in [2.24, 2.45) is 17.3 Å². The minimum atomic E-state index is 0. The molecule has 0 bridgehead atoms. The van der Waals surface area contributed by atoms with Crippen LogP contribution in [0.1, 0.15) is 43.2 Å². The molecule has 1 amide bonds. The Kier molecular flexibility index (Phi) is 3.93. The van der Waals surface area contributed by atoms with Crippen molar-refractivity contribution in [3.63, 3.8) is 0 Å². The summed E-state index contributed by atoms with van der Waals surface area (Å²) in [6.45, 7) is 8.40. The van der Waals surface area contributed by atoms with Gasteiger partial charge < -0.3 is 10.2 Å². The average molecular weight is 326 g/mol. The van der Waals surface area contributed by atoms with Gasteiger partial charge in [0.25, 0.3) is 5.91 Å². The van der Waals surface area contributed by atoms with E-state index in [0.717, 1.165) is 39.0 Å². The molecule has 0 radical (unpaired) electrons. The van der Waals surface area contributed by atoms with E-state index in [4.69, 9.17) is 0 Å². The monoisotopic (exact) mass is 325 g/mol. The van der Waals surface area contributed by atoms with Gasteiger partial charge in [-0.3, -0.25) is 4.79 Å². The number of amides is 1.